The molecule has 0 aromatic carbocycles. The number of aryl methyl sites for hydroxylation is 1. The molecule has 1 aliphatic heterocycles. The zero-order valence-corrected chi connectivity index (χ0v) is 17.7. The van der Waals surface area contributed by atoms with Crippen molar-refractivity contribution >= 4 is 17.6 Å². The second-order valence-corrected chi connectivity index (χ2v) is 8.18. The summed E-state index contributed by atoms with van der Waals surface area (Å²) in [5.74, 6) is 1.85. The number of nitrogens with two attached hydrogens (primary N) is 1. The number of hydrogen-bond acceptors (Lipinski definition) is 9. The number of hydrogen-bond donors (Lipinski definition) is 4. The Labute approximate surface area is 178 Å². The molecule has 2 aliphatic rings. The summed E-state index contributed by atoms with van der Waals surface area (Å²) in [5.41, 5.74) is 6.86. The van der Waals surface area contributed by atoms with Gasteiger partial charge in [0.2, 0.25) is 5.95 Å². The van der Waals surface area contributed by atoms with Crippen molar-refractivity contribution in [2.45, 2.75) is 57.7 Å². The SMILES string of the molecule is Nc1cc(N2CCNCC2)nc(NCc2cn(CCCNC3CCCCC3)nn2)n1. The van der Waals surface area contributed by atoms with Crippen molar-refractivity contribution in [1.29, 1.82) is 0 Å². The minimum atomic E-state index is 0.468. The van der Waals surface area contributed by atoms with E-state index in [9.17, 15) is 0 Å². The summed E-state index contributed by atoms with van der Waals surface area (Å²) < 4.78 is 1.91. The molecule has 164 valence electrons. The summed E-state index contributed by atoms with van der Waals surface area (Å²) in [6.07, 6.45) is 9.81. The fourth-order valence-electron chi connectivity index (χ4n) is 4.14. The molecule has 1 aliphatic carbocycles. The van der Waals surface area contributed by atoms with Crippen molar-refractivity contribution in [3.63, 3.8) is 0 Å². The smallest absolute Gasteiger partial charge is 0.226 e. The fourth-order valence-corrected chi connectivity index (χ4v) is 4.14. The van der Waals surface area contributed by atoms with Crippen molar-refractivity contribution in [3.8, 4) is 0 Å². The van der Waals surface area contributed by atoms with Crippen LogP contribution in [0.2, 0.25) is 0 Å². The quantitative estimate of drug-likeness (QED) is 0.445. The maximum Gasteiger partial charge on any atom is 0.226 e. The maximum atomic E-state index is 5.99. The molecule has 2 aromatic heterocycles. The third kappa shape index (κ3) is 6.02. The second kappa shape index (κ2) is 10.5. The van der Waals surface area contributed by atoms with Gasteiger partial charge >= 0.3 is 0 Å². The highest BCUT2D eigenvalue weighted by molar-refractivity contribution is 5.51. The standard InChI is InChI=1S/C20H34N10/c21-18-13-19(29-11-8-22-9-12-29)26-20(25-18)24-14-17-15-30(28-27-17)10-4-7-23-16-5-2-1-3-6-16/h13,15-16,22-23H,1-12,14H2,(H3,21,24,25,26). The minimum absolute atomic E-state index is 0.468. The van der Waals surface area contributed by atoms with Crippen molar-refractivity contribution in [2.24, 2.45) is 0 Å². The molecule has 4 rings (SSSR count). The summed E-state index contributed by atoms with van der Waals surface area (Å²) in [6.45, 7) is 6.15. The lowest BCUT2D eigenvalue weighted by molar-refractivity contribution is 0.367. The summed E-state index contributed by atoms with van der Waals surface area (Å²) in [5, 5.41) is 18.7. The van der Waals surface area contributed by atoms with Crippen LogP contribution in [-0.4, -0.2) is 63.7 Å². The number of rotatable bonds is 9. The Hall–Kier alpha value is -2.46. The molecular formula is C20H34N10. The molecule has 0 atom stereocenters. The average molecular weight is 415 g/mol. The largest absolute Gasteiger partial charge is 0.383 e. The molecule has 10 nitrogen and oxygen atoms in total. The van der Waals surface area contributed by atoms with Gasteiger partial charge in [-0.1, -0.05) is 24.5 Å². The Balaban J connectivity index is 1.22. The molecule has 0 radical (unpaired) electrons. The van der Waals surface area contributed by atoms with Gasteiger partial charge in [-0.25, -0.2) is 0 Å². The van der Waals surface area contributed by atoms with Crippen LogP contribution in [0.3, 0.4) is 0 Å². The number of aromatic nitrogens is 5. The first-order valence-electron chi connectivity index (χ1n) is 11.2. The van der Waals surface area contributed by atoms with Crippen molar-refractivity contribution < 1.29 is 0 Å². The highest BCUT2D eigenvalue weighted by atomic mass is 15.4. The summed E-state index contributed by atoms with van der Waals surface area (Å²) in [6, 6.07) is 2.53. The molecule has 10 heteroatoms. The molecule has 2 aromatic rings. The van der Waals surface area contributed by atoms with Crippen LogP contribution in [-0.2, 0) is 13.1 Å². The Bertz CT molecular complexity index is 780. The van der Waals surface area contributed by atoms with Gasteiger partial charge in [0.1, 0.15) is 17.3 Å². The topological polar surface area (TPSA) is 122 Å². The predicted octanol–water partition coefficient (Wildman–Crippen LogP) is 0.984. The summed E-state index contributed by atoms with van der Waals surface area (Å²) in [7, 11) is 0. The molecule has 2 fully saturated rings. The van der Waals surface area contributed by atoms with E-state index >= 15 is 0 Å². The summed E-state index contributed by atoms with van der Waals surface area (Å²) in [4.78, 5) is 11.1. The number of piperazine rings is 1. The lowest BCUT2D eigenvalue weighted by Gasteiger charge is -2.28. The van der Waals surface area contributed by atoms with Crippen LogP contribution in [0.15, 0.2) is 12.3 Å². The predicted molar refractivity (Wildman–Crippen MR) is 118 cm³/mol. The highest BCUT2D eigenvalue weighted by Crippen LogP contribution is 2.18. The van der Waals surface area contributed by atoms with Gasteiger partial charge < -0.3 is 26.6 Å². The van der Waals surface area contributed by atoms with Crippen molar-refractivity contribution in [3.05, 3.63) is 18.0 Å². The lowest BCUT2D eigenvalue weighted by Crippen LogP contribution is -2.44. The van der Waals surface area contributed by atoms with Crippen LogP contribution in [0.1, 0.15) is 44.2 Å². The number of nitrogens with zero attached hydrogens (tertiary/aromatic N) is 6. The van der Waals surface area contributed by atoms with Crippen LogP contribution < -0.4 is 26.6 Å². The van der Waals surface area contributed by atoms with Crippen LogP contribution in [0.25, 0.3) is 0 Å². The zero-order chi connectivity index (χ0) is 20.6. The normalized spacial score (nSPS) is 17.9. The zero-order valence-electron chi connectivity index (χ0n) is 17.7. The van der Waals surface area contributed by atoms with E-state index in [0.717, 1.165) is 57.2 Å². The third-order valence-corrected chi connectivity index (χ3v) is 5.79. The van der Waals surface area contributed by atoms with Crippen LogP contribution in [0, 0.1) is 0 Å². The average Bonchev–Trinajstić information content (AvgIpc) is 3.24. The van der Waals surface area contributed by atoms with Gasteiger partial charge in [-0.15, -0.1) is 5.10 Å². The summed E-state index contributed by atoms with van der Waals surface area (Å²) >= 11 is 0. The fraction of sp³-hybridized carbons (Fsp3) is 0.700. The van der Waals surface area contributed by atoms with E-state index in [1.54, 1.807) is 0 Å². The van der Waals surface area contributed by atoms with E-state index in [0.29, 0.717) is 24.4 Å². The first-order chi connectivity index (χ1) is 14.8. The molecule has 1 saturated carbocycles. The van der Waals surface area contributed by atoms with Crippen LogP contribution in [0.5, 0.6) is 0 Å². The minimum Gasteiger partial charge on any atom is -0.383 e. The van der Waals surface area contributed by atoms with Gasteiger partial charge in [0.15, 0.2) is 0 Å². The molecule has 0 unspecified atom stereocenters. The second-order valence-electron chi connectivity index (χ2n) is 8.18. The van der Waals surface area contributed by atoms with E-state index in [-0.39, 0.29) is 0 Å². The number of anilines is 3. The van der Waals surface area contributed by atoms with Crippen LogP contribution >= 0.6 is 0 Å². The molecule has 30 heavy (non-hydrogen) atoms. The van der Waals surface area contributed by atoms with Gasteiger partial charge in [-0.2, -0.15) is 9.97 Å². The van der Waals surface area contributed by atoms with Gasteiger partial charge in [0, 0.05) is 44.8 Å². The number of nitrogen functional groups attached to an aromatic ring is 1. The molecular weight excluding hydrogens is 380 g/mol. The van der Waals surface area contributed by atoms with E-state index in [1.165, 1.54) is 32.1 Å². The molecule has 0 spiro atoms. The van der Waals surface area contributed by atoms with Crippen molar-refractivity contribution in [1.82, 2.24) is 35.6 Å². The number of nitrogens with one attached hydrogen (secondary N) is 3. The Morgan fingerprint density at radius 1 is 1.13 bits per heavy atom. The Kier molecular flexibility index (Phi) is 7.30. The lowest BCUT2D eigenvalue weighted by atomic mass is 9.95. The molecule has 5 N–H and O–H groups in total. The van der Waals surface area contributed by atoms with Gasteiger partial charge in [0.05, 0.1) is 12.7 Å². The molecule has 3 heterocycles. The monoisotopic (exact) mass is 414 g/mol. The first kappa shape index (κ1) is 20.8. The maximum absolute atomic E-state index is 5.99. The van der Waals surface area contributed by atoms with E-state index in [1.807, 2.05) is 16.9 Å². The van der Waals surface area contributed by atoms with Gasteiger partial charge in [-0.05, 0) is 25.8 Å². The Morgan fingerprint density at radius 3 is 2.80 bits per heavy atom. The van der Waals surface area contributed by atoms with E-state index < -0.39 is 0 Å². The van der Waals surface area contributed by atoms with Gasteiger partial charge in [-0.3, -0.25) is 4.68 Å². The first-order valence-corrected chi connectivity index (χ1v) is 11.2. The highest BCUT2D eigenvalue weighted by Gasteiger charge is 2.14. The van der Waals surface area contributed by atoms with E-state index in [2.05, 4.69) is 41.1 Å². The van der Waals surface area contributed by atoms with E-state index in [4.69, 9.17) is 5.73 Å². The molecule has 0 bridgehead atoms. The Morgan fingerprint density at radius 2 is 1.97 bits per heavy atom. The molecule has 0 amide bonds. The van der Waals surface area contributed by atoms with Crippen molar-refractivity contribution in [2.75, 3.05) is 48.7 Å². The molecule has 1 saturated heterocycles. The van der Waals surface area contributed by atoms with Crippen LogP contribution in [0.4, 0.5) is 17.6 Å². The van der Waals surface area contributed by atoms with Gasteiger partial charge in [0.25, 0.3) is 0 Å². The third-order valence-electron chi connectivity index (χ3n) is 5.79.